The van der Waals surface area contributed by atoms with Crippen molar-refractivity contribution in [3.05, 3.63) is 59.2 Å². The van der Waals surface area contributed by atoms with Crippen LogP contribution < -0.4 is 9.64 Å². The predicted octanol–water partition coefficient (Wildman–Crippen LogP) is 6.34. The van der Waals surface area contributed by atoms with Crippen LogP contribution in [0.2, 0.25) is 0 Å². The molecule has 1 atom stereocenters. The lowest BCUT2D eigenvalue weighted by molar-refractivity contribution is -0.120. The van der Waals surface area contributed by atoms with E-state index >= 15 is 0 Å². The molecule has 4 rings (SSSR count). The zero-order chi connectivity index (χ0) is 25.7. The molecule has 0 saturated heterocycles. The summed E-state index contributed by atoms with van der Waals surface area (Å²) in [6.45, 7) is 8.45. The van der Waals surface area contributed by atoms with Crippen molar-refractivity contribution >= 4 is 23.4 Å². The van der Waals surface area contributed by atoms with Crippen molar-refractivity contribution in [2.45, 2.75) is 64.8 Å². The fraction of sp³-hybridized carbons (Fsp3) is 0.393. The molecule has 0 bridgehead atoms. The van der Waals surface area contributed by atoms with Crippen LogP contribution in [0.1, 0.15) is 69.9 Å². The highest BCUT2D eigenvalue weighted by molar-refractivity contribution is 7.99. The molecule has 0 aliphatic carbocycles. The van der Waals surface area contributed by atoms with Gasteiger partial charge < -0.3 is 4.74 Å². The fourth-order valence-electron chi connectivity index (χ4n) is 4.02. The van der Waals surface area contributed by atoms with Gasteiger partial charge in [0.25, 0.3) is 0 Å². The third kappa shape index (κ3) is 5.52. The SMILES string of the molecule is CCCC(=O)N1c2ccc(CC)cc2-c2nnc(SCCC(C)C)nc2O[C@H]1c1ccc(C#N)cc1. The van der Waals surface area contributed by atoms with E-state index in [1.54, 1.807) is 28.8 Å². The van der Waals surface area contributed by atoms with Gasteiger partial charge in [0.2, 0.25) is 23.2 Å². The molecular formula is C28H31N5O2S. The Kier molecular flexibility index (Phi) is 8.21. The first-order valence-corrected chi connectivity index (χ1v) is 13.4. The van der Waals surface area contributed by atoms with Gasteiger partial charge in [-0.05, 0) is 55.0 Å². The van der Waals surface area contributed by atoms with Crippen molar-refractivity contribution in [2.24, 2.45) is 5.92 Å². The number of hydrogen-bond acceptors (Lipinski definition) is 7. The molecule has 8 heteroatoms. The zero-order valence-corrected chi connectivity index (χ0v) is 22.0. The number of benzene rings is 2. The molecule has 7 nitrogen and oxygen atoms in total. The monoisotopic (exact) mass is 501 g/mol. The first-order chi connectivity index (χ1) is 17.4. The zero-order valence-electron chi connectivity index (χ0n) is 21.2. The van der Waals surface area contributed by atoms with Crippen molar-refractivity contribution in [3.63, 3.8) is 0 Å². The maximum atomic E-state index is 13.5. The average Bonchev–Trinajstić information content (AvgIpc) is 3.02. The number of aryl methyl sites for hydroxylation is 1. The van der Waals surface area contributed by atoms with E-state index in [-0.39, 0.29) is 5.91 Å². The second-order valence-corrected chi connectivity index (χ2v) is 10.3. The second-order valence-electron chi connectivity index (χ2n) is 9.20. The molecular weight excluding hydrogens is 470 g/mol. The Labute approximate surface area is 216 Å². The summed E-state index contributed by atoms with van der Waals surface area (Å²) in [5.74, 6) is 1.77. The Balaban J connectivity index is 1.87. The number of anilines is 1. The summed E-state index contributed by atoms with van der Waals surface area (Å²) in [5.41, 5.74) is 4.44. The molecule has 1 amide bonds. The Bertz CT molecular complexity index is 1270. The molecule has 0 unspecified atom stereocenters. The Morgan fingerprint density at radius 3 is 2.61 bits per heavy atom. The van der Waals surface area contributed by atoms with Gasteiger partial charge >= 0.3 is 0 Å². The van der Waals surface area contributed by atoms with Gasteiger partial charge in [0.1, 0.15) is 0 Å². The van der Waals surface area contributed by atoms with Crippen molar-refractivity contribution < 1.29 is 9.53 Å². The van der Waals surface area contributed by atoms with Gasteiger partial charge in [-0.25, -0.2) is 0 Å². The predicted molar refractivity (Wildman–Crippen MR) is 142 cm³/mol. The number of carbonyl (C=O) groups excluding carboxylic acids is 1. The normalized spacial score (nSPS) is 14.4. The van der Waals surface area contributed by atoms with Gasteiger partial charge in [0.15, 0.2) is 5.69 Å². The molecule has 1 aliphatic heterocycles. The summed E-state index contributed by atoms with van der Waals surface area (Å²) >= 11 is 1.55. The lowest BCUT2D eigenvalue weighted by atomic mass is 10.0. The van der Waals surface area contributed by atoms with Crippen LogP contribution in [0.15, 0.2) is 47.6 Å². The number of hydrogen-bond donors (Lipinski definition) is 0. The number of nitrogens with zero attached hydrogens (tertiary/aromatic N) is 5. The second kappa shape index (κ2) is 11.5. The maximum absolute atomic E-state index is 13.5. The van der Waals surface area contributed by atoms with E-state index in [2.05, 4.69) is 37.0 Å². The van der Waals surface area contributed by atoms with E-state index in [9.17, 15) is 10.1 Å². The van der Waals surface area contributed by atoms with Crippen LogP contribution in [0.3, 0.4) is 0 Å². The molecule has 0 saturated carbocycles. The van der Waals surface area contributed by atoms with Gasteiger partial charge in [-0.3, -0.25) is 9.69 Å². The van der Waals surface area contributed by atoms with E-state index in [4.69, 9.17) is 9.72 Å². The van der Waals surface area contributed by atoms with Gasteiger partial charge in [-0.1, -0.05) is 57.7 Å². The lowest BCUT2D eigenvalue weighted by Gasteiger charge is -2.31. The largest absolute Gasteiger partial charge is 0.447 e. The van der Waals surface area contributed by atoms with Crippen LogP contribution in [0.4, 0.5) is 5.69 Å². The van der Waals surface area contributed by atoms with Crippen molar-refractivity contribution in [2.75, 3.05) is 10.7 Å². The van der Waals surface area contributed by atoms with Crippen LogP contribution in [-0.4, -0.2) is 26.8 Å². The Morgan fingerprint density at radius 2 is 1.94 bits per heavy atom. The number of aromatic nitrogens is 3. The molecule has 1 aromatic heterocycles. The molecule has 0 radical (unpaired) electrons. The summed E-state index contributed by atoms with van der Waals surface area (Å²) in [4.78, 5) is 20.0. The molecule has 36 heavy (non-hydrogen) atoms. The summed E-state index contributed by atoms with van der Waals surface area (Å²) in [6.07, 6.45) is 2.21. The minimum atomic E-state index is -0.755. The molecule has 2 aromatic carbocycles. The third-order valence-electron chi connectivity index (χ3n) is 6.06. The third-order valence-corrected chi connectivity index (χ3v) is 6.93. The van der Waals surface area contributed by atoms with Crippen LogP contribution >= 0.6 is 11.8 Å². The van der Waals surface area contributed by atoms with E-state index in [1.165, 1.54) is 0 Å². The van der Waals surface area contributed by atoms with E-state index in [0.717, 1.165) is 41.0 Å². The number of thioether (sulfide) groups is 1. The van der Waals surface area contributed by atoms with Gasteiger partial charge in [0.05, 0.1) is 17.3 Å². The van der Waals surface area contributed by atoms with Crippen molar-refractivity contribution in [1.29, 1.82) is 5.26 Å². The summed E-state index contributed by atoms with van der Waals surface area (Å²) < 4.78 is 6.52. The quantitative estimate of drug-likeness (QED) is 0.333. The van der Waals surface area contributed by atoms with Gasteiger partial charge in [-0.15, -0.1) is 10.2 Å². The van der Waals surface area contributed by atoms with Crippen LogP contribution in [0.5, 0.6) is 5.88 Å². The molecule has 3 aromatic rings. The Hall–Kier alpha value is -3.44. The number of ether oxygens (including phenoxy) is 1. The van der Waals surface area contributed by atoms with E-state index in [1.807, 2.05) is 37.3 Å². The number of nitriles is 1. The Morgan fingerprint density at radius 1 is 1.17 bits per heavy atom. The number of rotatable bonds is 8. The average molecular weight is 502 g/mol. The minimum Gasteiger partial charge on any atom is -0.447 e. The molecule has 2 heterocycles. The summed E-state index contributed by atoms with van der Waals surface area (Å²) in [6, 6.07) is 15.3. The maximum Gasteiger partial charge on any atom is 0.247 e. The standard InChI is InChI=1S/C28H31N5O2S/c1-5-7-24(34)33-23-13-10-19(6-2)16-22(23)25-26(30-28(32-31-25)36-15-14-18(3)4)35-27(33)21-11-8-20(17-29)9-12-21/h8-13,16,18,27H,5-7,14-15H2,1-4H3/t27-/m0/s1. The van der Waals surface area contributed by atoms with Gasteiger partial charge in [-0.2, -0.15) is 10.2 Å². The highest BCUT2D eigenvalue weighted by Gasteiger charge is 2.35. The van der Waals surface area contributed by atoms with Crippen molar-refractivity contribution in [1.82, 2.24) is 15.2 Å². The van der Waals surface area contributed by atoms with E-state index in [0.29, 0.717) is 41.1 Å². The molecule has 1 aliphatic rings. The van der Waals surface area contributed by atoms with Crippen molar-refractivity contribution in [3.8, 4) is 23.2 Å². The molecule has 0 fully saturated rings. The molecule has 0 spiro atoms. The minimum absolute atomic E-state index is 0.0512. The van der Waals surface area contributed by atoms with Crippen LogP contribution in [0, 0.1) is 17.2 Å². The number of carbonyl (C=O) groups is 1. The molecule has 186 valence electrons. The molecule has 0 N–H and O–H groups in total. The summed E-state index contributed by atoms with van der Waals surface area (Å²) in [5, 5.41) is 18.8. The first-order valence-electron chi connectivity index (χ1n) is 12.4. The smallest absolute Gasteiger partial charge is 0.247 e. The topological polar surface area (TPSA) is 92.0 Å². The lowest BCUT2D eigenvalue weighted by Crippen LogP contribution is -2.37. The number of amides is 1. The van der Waals surface area contributed by atoms with Crippen LogP contribution in [-0.2, 0) is 11.2 Å². The number of fused-ring (bicyclic) bond motifs is 3. The van der Waals surface area contributed by atoms with Crippen LogP contribution in [0.25, 0.3) is 11.3 Å². The highest BCUT2D eigenvalue weighted by Crippen LogP contribution is 2.44. The first kappa shape index (κ1) is 25.6. The fourth-order valence-corrected chi connectivity index (χ4v) is 5.04. The van der Waals surface area contributed by atoms with E-state index < -0.39 is 6.23 Å². The summed E-state index contributed by atoms with van der Waals surface area (Å²) in [7, 11) is 0. The van der Waals surface area contributed by atoms with Gasteiger partial charge in [0, 0.05) is 23.3 Å². The highest BCUT2D eigenvalue weighted by atomic mass is 32.2.